The first-order valence-electron chi connectivity index (χ1n) is 9.30. The molecule has 0 bridgehead atoms. The molecule has 20 heteroatoms. The predicted octanol–water partition coefficient (Wildman–Crippen LogP) is 2.10. The van der Waals surface area contributed by atoms with Crippen molar-refractivity contribution in [2.24, 2.45) is 0 Å². The number of urea groups is 1. The second-order valence-electron chi connectivity index (χ2n) is 7.33. The fourth-order valence-corrected chi connectivity index (χ4v) is 3.02. The van der Waals surface area contributed by atoms with Crippen LogP contribution in [0.1, 0.15) is 11.3 Å². The van der Waals surface area contributed by atoms with Gasteiger partial charge < -0.3 is 20.3 Å². The number of hydrogen-bond donors (Lipinski definition) is 3. The van der Waals surface area contributed by atoms with E-state index in [1.54, 1.807) is 0 Å². The minimum absolute atomic E-state index is 0.366. The summed E-state index contributed by atoms with van der Waals surface area (Å²) in [7, 11) is 11.4. The van der Waals surface area contributed by atoms with Crippen molar-refractivity contribution >= 4 is 51.1 Å². The van der Waals surface area contributed by atoms with Gasteiger partial charge in [0.25, 0.3) is 0 Å². The normalized spacial score (nSPS) is 22.1. The van der Waals surface area contributed by atoms with Crippen LogP contribution in [0.2, 0.25) is 5.15 Å². The Morgan fingerprint density at radius 1 is 1.16 bits per heavy atom. The maximum absolute atomic E-state index is 13.8. The number of alkyl halides is 6. The van der Waals surface area contributed by atoms with E-state index in [9.17, 15) is 50.5 Å². The fraction of sp³-hybridized carbons (Fsp3) is 0.294. The van der Waals surface area contributed by atoms with E-state index in [0.717, 1.165) is 19.2 Å². The third-order valence-electron chi connectivity index (χ3n) is 4.76. The Morgan fingerprint density at radius 3 is 2.22 bits per heavy atom. The van der Waals surface area contributed by atoms with Gasteiger partial charge in [-0.2, -0.15) is 26.3 Å². The van der Waals surface area contributed by atoms with Crippen LogP contribution in [0.5, 0.6) is 5.75 Å². The molecule has 2 unspecified atom stereocenters. The summed E-state index contributed by atoms with van der Waals surface area (Å²) >= 11 is 5.49. The molecule has 2 atom stereocenters. The minimum Gasteiger partial charge on any atom is -0.405 e. The molecule has 37 heavy (non-hydrogen) atoms. The summed E-state index contributed by atoms with van der Waals surface area (Å²) in [5, 5.41) is 20.9. The van der Waals surface area contributed by atoms with E-state index < -0.39 is 86.3 Å². The molecule has 1 aliphatic heterocycles. The van der Waals surface area contributed by atoms with Crippen LogP contribution >= 0.6 is 11.6 Å². The molecule has 3 N–H and O–H groups in total. The van der Waals surface area contributed by atoms with Gasteiger partial charge in [-0.05, 0) is 18.2 Å². The lowest BCUT2D eigenvalue weighted by molar-refractivity contribution is -0.145. The Hall–Kier alpha value is -3.31. The smallest absolute Gasteiger partial charge is 0.405 e. The molecule has 3 rings (SSSR count). The molecule has 1 saturated heterocycles. The maximum Gasteiger partial charge on any atom is 0.433 e. The van der Waals surface area contributed by atoms with Crippen LogP contribution in [0, 0.1) is 5.82 Å². The first-order chi connectivity index (χ1) is 16.7. The van der Waals surface area contributed by atoms with E-state index in [4.69, 9.17) is 27.3 Å². The Labute approximate surface area is 208 Å². The molecule has 1 aliphatic rings. The highest BCUT2D eigenvalue weighted by Gasteiger charge is 2.58. The molecule has 0 saturated carbocycles. The molecule has 0 aliphatic carbocycles. The van der Waals surface area contributed by atoms with Crippen molar-refractivity contribution in [1.29, 1.82) is 0 Å². The molecule has 4 radical (unpaired) electrons. The first kappa shape index (κ1) is 28.3. The lowest BCUT2D eigenvalue weighted by Gasteiger charge is -2.37. The second-order valence-corrected chi connectivity index (χ2v) is 7.69. The van der Waals surface area contributed by atoms with E-state index in [0.29, 0.717) is 4.90 Å². The molecular weight excluding hydrogens is 544 g/mol. The summed E-state index contributed by atoms with van der Waals surface area (Å²) in [5.74, 6) is -5.19. The number of rotatable bonds is 3. The number of halogens is 8. The third kappa shape index (κ3) is 5.10. The standard InChI is InChI=1S/C17H9B2ClF7N5O5/c1-31(8-3-2-6(21)10(20)29-8)13(34)37-9-5(14(22,23)24)4-7(15(25,26)27)28-11(9)32-12(33)30-16(18,35)17(32,19)36/h2-4,35-36H,1H3,(H,30,33). The van der Waals surface area contributed by atoms with Gasteiger partial charge in [-0.15, -0.1) is 0 Å². The van der Waals surface area contributed by atoms with Crippen LogP contribution in [0.3, 0.4) is 0 Å². The molecule has 10 nitrogen and oxygen atoms in total. The van der Waals surface area contributed by atoms with E-state index in [-0.39, 0.29) is 0 Å². The second kappa shape index (κ2) is 8.91. The zero-order chi connectivity index (χ0) is 28.3. The SMILES string of the molecule is [B]C1(O)NC(=O)N(c2nc(C(F)(F)F)cc(C(F)(F)F)c2OC(=O)N(C)c2ccc(F)c(Cl)n2)C1([B])O. The van der Waals surface area contributed by atoms with Crippen molar-refractivity contribution in [3.05, 3.63) is 40.4 Å². The van der Waals surface area contributed by atoms with Crippen LogP contribution < -0.4 is 19.9 Å². The number of nitrogens with zero attached hydrogens (tertiary/aromatic N) is 4. The van der Waals surface area contributed by atoms with E-state index in [1.807, 2.05) is 0 Å². The lowest BCUT2D eigenvalue weighted by Crippen LogP contribution is -2.62. The number of carbonyl (C=O) groups is 2. The summed E-state index contributed by atoms with van der Waals surface area (Å²) in [6, 6.07) is -0.795. The van der Waals surface area contributed by atoms with Crippen molar-refractivity contribution in [2.45, 2.75) is 23.6 Å². The van der Waals surface area contributed by atoms with Gasteiger partial charge in [0.1, 0.15) is 36.2 Å². The van der Waals surface area contributed by atoms with Crippen molar-refractivity contribution in [1.82, 2.24) is 15.3 Å². The van der Waals surface area contributed by atoms with E-state index >= 15 is 0 Å². The number of hydrogen-bond acceptors (Lipinski definition) is 7. The summed E-state index contributed by atoms with van der Waals surface area (Å²) in [5.41, 5.74) is -11.5. The van der Waals surface area contributed by atoms with E-state index in [2.05, 4.69) is 14.7 Å². The Bertz CT molecular complexity index is 1280. The quantitative estimate of drug-likeness (QED) is 0.302. The number of aliphatic hydroxyl groups is 2. The summed E-state index contributed by atoms with van der Waals surface area (Å²) in [4.78, 5) is 31.2. The van der Waals surface area contributed by atoms with Gasteiger partial charge in [-0.25, -0.2) is 23.9 Å². The largest absolute Gasteiger partial charge is 0.433 e. The van der Waals surface area contributed by atoms with Gasteiger partial charge in [0, 0.05) is 7.05 Å². The van der Waals surface area contributed by atoms with Crippen LogP contribution in [0.15, 0.2) is 18.2 Å². The number of carbonyl (C=O) groups excluding carboxylic acids is 2. The Kier molecular flexibility index (Phi) is 6.81. The highest BCUT2D eigenvalue weighted by Crippen LogP contribution is 2.46. The summed E-state index contributed by atoms with van der Waals surface area (Å²) in [6.07, 6.45) is -13.0. The molecule has 0 aromatic carbocycles. The monoisotopic (exact) mass is 553 g/mol. The van der Waals surface area contributed by atoms with Gasteiger partial charge in [-0.1, -0.05) is 11.6 Å². The Morgan fingerprint density at radius 2 is 1.76 bits per heavy atom. The van der Waals surface area contributed by atoms with Crippen LogP contribution in [-0.2, 0) is 12.4 Å². The third-order valence-corrected chi connectivity index (χ3v) is 5.03. The van der Waals surface area contributed by atoms with Gasteiger partial charge in [0.15, 0.2) is 30.4 Å². The average molecular weight is 553 g/mol. The molecule has 2 aromatic rings. The maximum atomic E-state index is 13.8. The Balaban J connectivity index is 2.25. The van der Waals surface area contributed by atoms with Crippen molar-refractivity contribution in [3.8, 4) is 5.75 Å². The zero-order valence-electron chi connectivity index (χ0n) is 17.8. The predicted molar refractivity (Wildman–Crippen MR) is 110 cm³/mol. The number of aromatic nitrogens is 2. The van der Waals surface area contributed by atoms with Gasteiger partial charge in [0.2, 0.25) is 0 Å². The fourth-order valence-electron chi connectivity index (χ4n) is 2.87. The van der Waals surface area contributed by atoms with E-state index in [1.165, 1.54) is 5.32 Å². The van der Waals surface area contributed by atoms with Gasteiger partial charge >= 0.3 is 24.5 Å². The topological polar surface area (TPSA) is 128 Å². The highest BCUT2D eigenvalue weighted by molar-refractivity contribution is 6.31. The van der Waals surface area contributed by atoms with Gasteiger partial charge in [-0.3, -0.25) is 9.80 Å². The highest BCUT2D eigenvalue weighted by atomic mass is 35.5. The lowest BCUT2D eigenvalue weighted by atomic mass is 9.70. The minimum atomic E-state index is -5.69. The molecule has 194 valence electrons. The van der Waals surface area contributed by atoms with Gasteiger partial charge in [0.05, 0.1) is 0 Å². The molecule has 2 aromatic heterocycles. The molecule has 0 spiro atoms. The number of anilines is 2. The molecule has 1 fully saturated rings. The number of pyridine rings is 2. The van der Waals surface area contributed by atoms with Crippen molar-refractivity contribution in [3.63, 3.8) is 0 Å². The van der Waals surface area contributed by atoms with Crippen molar-refractivity contribution < 1.29 is 55.3 Å². The van der Waals surface area contributed by atoms with Crippen LogP contribution in [0.25, 0.3) is 0 Å². The van der Waals surface area contributed by atoms with Crippen LogP contribution in [0.4, 0.5) is 52.0 Å². The van der Waals surface area contributed by atoms with Crippen molar-refractivity contribution in [2.75, 3.05) is 16.8 Å². The molecular formula is C17H9B2ClF7N5O5. The number of nitrogens with one attached hydrogen (secondary N) is 1. The molecule has 3 amide bonds. The summed E-state index contributed by atoms with van der Waals surface area (Å²) in [6.45, 7) is 0. The number of amides is 3. The molecule has 3 heterocycles. The first-order valence-corrected chi connectivity index (χ1v) is 9.68. The summed E-state index contributed by atoms with van der Waals surface area (Å²) < 4.78 is 99.7. The zero-order valence-corrected chi connectivity index (χ0v) is 18.6. The van der Waals surface area contributed by atoms with Crippen LogP contribution in [-0.4, -0.2) is 66.3 Å². The number of ether oxygens (including phenoxy) is 1. The average Bonchev–Trinajstić information content (AvgIpc) is 2.90.